The molecule has 2 aromatic rings. The number of allylic oxidation sites excluding steroid dienone is 4. The summed E-state index contributed by atoms with van der Waals surface area (Å²) in [5, 5.41) is 0.762. The van der Waals surface area contributed by atoms with Crippen LogP contribution in [0.5, 0.6) is 5.88 Å². The highest BCUT2D eigenvalue weighted by Gasteiger charge is 2.38. The number of aromatic nitrogens is 1. The van der Waals surface area contributed by atoms with Crippen LogP contribution < -0.4 is 4.74 Å². The van der Waals surface area contributed by atoms with Crippen LogP contribution in [0.1, 0.15) is 30.9 Å². The number of rotatable bonds is 6. The first-order valence-corrected chi connectivity index (χ1v) is 11.7. The predicted molar refractivity (Wildman–Crippen MR) is 124 cm³/mol. The van der Waals surface area contributed by atoms with E-state index in [-0.39, 0.29) is 17.9 Å². The predicted octanol–water partition coefficient (Wildman–Crippen LogP) is 6.70. The molecule has 0 amide bonds. The summed E-state index contributed by atoms with van der Waals surface area (Å²) in [7, 11) is 0. The molecule has 4 rings (SSSR count). The minimum Gasteiger partial charge on any atom is -0.474 e. The Hall–Kier alpha value is -2.31. The second-order valence-corrected chi connectivity index (χ2v) is 9.33. The lowest BCUT2D eigenvalue weighted by Gasteiger charge is -2.44. The normalized spacial score (nSPS) is 24.9. The molecule has 3 nitrogen and oxygen atoms in total. The fourth-order valence-corrected chi connectivity index (χ4v) is 5.08. The average Bonchev–Trinajstić information content (AvgIpc) is 2.80. The summed E-state index contributed by atoms with van der Waals surface area (Å²) in [6, 6.07) is 12.8. The SMILES string of the molecule is C[C@H](Oc1ccc(C(F)(F)F)cn1)[C@H]1CCN(Cc2ccccc2)C[C@@H]1C1C=CC(Cl)=CC1. The molecule has 0 saturated carbocycles. The molecule has 2 aliphatic rings. The van der Waals surface area contributed by atoms with Crippen molar-refractivity contribution < 1.29 is 17.9 Å². The van der Waals surface area contributed by atoms with Crippen LogP contribution in [0.25, 0.3) is 0 Å². The fraction of sp³-hybridized carbons (Fsp3) is 0.423. The molecule has 0 spiro atoms. The summed E-state index contributed by atoms with van der Waals surface area (Å²) in [4.78, 5) is 6.38. The van der Waals surface area contributed by atoms with Crippen LogP contribution in [0.2, 0.25) is 0 Å². The number of ether oxygens (including phenoxy) is 1. The van der Waals surface area contributed by atoms with Gasteiger partial charge in [0.05, 0.1) is 5.56 Å². The van der Waals surface area contributed by atoms with E-state index in [2.05, 4.69) is 46.3 Å². The van der Waals surface area contributed by atoms with E-state index in [4.69, 9.17) is 16.3 Å². The second-order valence-electron chi connectivity index (χ2n) is 8.89. The van der Waals surface area contributed by atoms with E-state index < -0.39 is 11.7 Å². The summed E-state index contributed by atoms with van der Waals surface area (Å²) < 4.78 is 44.6. The first-order valence-electron chi connectivity index (χ1n) is 11.3. The molecule has 1 fully saturated rings. The molecule has 4 atom stereocenters. The van der Waals surface area contributed by atoms with Gasteiger partial charge in [0.15, 0.2) is 0 Å². The van der Waals surface area contributed by atoms with Crippen molar-refractivity contribution in [2.24, 2.45) is 17.8 Å². The third-order valence-electron chi connectivity index (χ3n) is 6.66. The Labute approximate surface area is 197 Å². The first-order chi connectivity index (χ1) is 15.8. The third kappa shape index (κ3) is 6.18. The van der Waals surface area contributed by atoms with Crippen LogP contribution in [-0.4, -0.2) is 29.1 Å². The van der Waals surface area contributed by atoms with Crippen molar-refractivity contribution in [1.82, 2.24) is 9.88 Å². The molecule has 0 N–H and O–H groups in total. The Morgan fingerprint density at radius 3 is 2.61 bits per heavy atom. The molecular formula is C26H28ClF3N2O. The van der Waals surface area contributed by atoms with E-state index in [0.717, 1.165) is 49.8 Å². The van der Waals surface area contributed by atoms with Crippen LogP contribution >= 0.6 is 11.6 Å². The largest absolute Gasteiger partial charge is 0.474 e. The fourth-order valence-electron chi connectivity index (χ4n) is 4.92. The van der Waals surface area contributed by atoms with Crippen molar-refractivity contribution in [3.05, 3.63) is 83.0 Å². The maximum atomic E-state index is 12.8. The van der Waals surface area contributed by atoms with Crippen molar-refractivity contribution in [2.75, 3.05) is 13.1 Å². The van der Waals surface area contributed by atoms with Crippen molar-refractivity contribution in [3.63, 3.8) is 0 Å². The van der Waals surface area contributed by atoms with Crippen LogP contribution in [0.4, 0.5) is 13.2 Å². The molecular weight excluding hydrogens is 449 g/mol. The maximum absolute atomic E-state index is 12.8. The van der Waals surface area contributed by atoms with Gasteiger partial charge < -0.3 is 4.74 Å². The molecule has 1 aliphatic carbocycles. The number of pyridine rings is 1. The lowest BCUT2D eigenvalue weighted by atomic mass is 9.72. The molecule has 1 aromatic heterocycles. The van der Waals surface area contributed by atoms with Crippen molar-refractivity contribution in [1.29, 1.82) is 0 Å². The molecule has 1 saturated heterocycles. The first kappa shape index (κ1) is 23.8. The lowest BCUT2D eigenvalue weighted by molar-refractivity contribution is -0.137. The molecule has 33 heavy (non-hydrogen) atoms. The van der Waals surface area contributed by atoms with Gasteiger partial charge in [0.1, 0.15) is 6.10 Å². The number of piperidine rings is 1. The Balaban J connectivity index is 1.47. The monoisotopic (exact) mass is 476 g/mol. The Kier molecular flexibility index (Phi) is 7.45. The standard InChI is InChI=1S/C26H28ClF3N2O/c1-18(33-25-12-9-21(15-31-25)26(28,29)30)23-13-14-32(16-19-5-3-2-4-6-19)17-24(23)20-7-10-22(27)11-8-20/h2-7,9-12,15,18,20,23-24H,8,13-14,16-17H2,1H3/t18-,20?,23+,24+/m0/s1. The van der Waals surface area contributed by atoms with Crippen LogP contribution in [0, 0.1) is 17.8 Å². The molecule has 1 aliphatic heterocycles. The smallest absolute Gasteiger partial charge is 0.417 e. The number of likely N-dealkylation sites (tertiary alicyclic amines) is 1. The van der Waals surface area contributed by atoms with Gasteiger partial charge in [0.2, 0.25) is 5.88 Å². The van der Waals surface area contributed by atoms with Gasteiger partial charge in [-0.05, 0) is 55.9 Å². The Bertz CT molecular complexity index is 975. The third-order valence-corrected chi connectivity index (χ3v) is 6.94. The highest BCUT2D eigenvalue weighted by molar-refractivity contribution is 6.31. The van der Waals surface area contributed by atoms with Crippen LogP contribution in [0.3, 0.4) is 0 Å². The molecule has 0 bridgehead atoms. The summed E-state index contributed by atoms with van der Waals surface area (Å²) >= 11 is 6.16. The zero-order chi connectivity index (χ0) is 23.4. The van der Waals surface area contributed by atoms with Crippen molar-refractivity contribution in [2.45, 2.75) is 38.6 Å². The van der Waals surface area contributed by atoms with Gasteiger partial charge in [0, 0.05) is 36.3 Å². The summed E-state index contributed by atoms with van der Waals surface area (Å²) in [6.45, 7) is 4.76. The quantitative estimate of drug-likeness (QED) is 0.463. The maximum Gasteiger partial charge on any atom is 0.417 e. The minimum atomic E-state index is -4.41. The summed E-state index contributed by atoms with van der Waals surface area (Å²) in [5.74, 6) is 1.15. The average molecular weight is 477 g/mol. The molecule has 2 heterocycles. The van der Waals surface area contributed by atoms with E-state index in [1.807, 2.05) is 19.1 Å². The number of alkyl halides is 3. The topological polar surface area (TPSA) is 25.4 Å². The van der Waals surface area contributed by atoms with Crippen molar-refractivity contribution in [3.8, 4) is 5.88 Å². The molecule has 0 radical (unpaired) electrons. The van der Waals surface area contributed by atoms with E-state index in [1.165, 1.54) is 11.6 Å². The van der Waals surface area contributed by atoms with E-state index in [1.54, 1.807) is 0 Å². The minimum absolute atomic E-state index is 0.173. The second kappa shape index (κ2) is 10.3. The zero-order valence-corrected chi connectivity index (χ0v) is 19.3. The lowest BCUT2D eigenvalue weighted by Crippen LogP contribution is -2.47. The van der Waals surface area contributed by atoms with Crippen LogP contribution in [-0.2, 0) is 12.7 Å². The van der Waals surface area contributed by atoms with Gasteiger partial charge >= 0.3 is 6.18 Å². The van der Waals surface area contributed by atoms with Gasteiger partial charge in [-0.25, -0.2) is 4.98 Å². The van der Waals surface area contributed by atoms with Gasteiger partial charge in [-0.2, -0.15) is 13.2 Å². The summed E-state index contributed by atoms with van der Waals surface area (Å²) in [6.07, 6.45) is 4.29. The number of hydrogen-bond donors (Lipinski definition) is 0. The number of benzene rings is 1. The summed E-state index contributed by atoms with van der Waals surface area (Å²) in [5.41, 5.74) is 0.515. The number of nitrogens with zero attached hydrogens (tertiary/aromatic N) is 2. The van der Waals surface area contributed by atoms with Crippen molar-refractivity contribution >= 4 is 11.6 Å². The Morgan fingerprint density at radius 1 is 1.18 bits per heavy atom. The van der Waals surface area contributed by atoms with Gasteiger partial charge in [0.25, 0.3) is 0 Å². The van der Waals surface area contributed by atoms with E-state index in [0.29, 0.717) is 11.8 Å². The highest BCUT2D eigenvalue weighted by atomic mass is 35.5. The molecule has 1 unspecified atom stereocenters. The van der Waals surface area contributed by atoms with E-state index in [9.17, 15) is 13.2 Å². The van der Waals surface area contributed by atoms with Crippen LogP contribution in [0.15, 0.2) is 71.9 Å². The zero-order valence-electron chi connectivity index (χ0n) is 18.5. The molecule has 1 aromatic carbocycles. The van der Waals surface area contributed by atoms with E-state index >= 15 is 0 Å². The Morgan fingerprint density at radius 2 is 1.97 bits per heavy atom. The number of hydrogen-bond acceptors (Lipinski definition) is 3. The molecule has 7 heteroatoms. The molecule has 176 valence electrons. The highest BCUT2D eigenvalue weighted by Crippen LogP contribution is 2.38. The van der Waals surface area contributed by atoms with Gasteiger partial charge in [-0.3, -0.25) is 4.90 Å². The number of halogens is 4. The van der Waals surface area contributed by atoms with Gasteiger partial charge in [-0.1, -0.05) is 54.1 Å². The van der Waals surface area contributed by atoms with Gasteiger partial charge in [-0.15, -0.1) is 0 Å².